The summed E-state index contributed by atoms with van der Waals surface area (Å²) in [7, 11) is -0.159. The van der Waals surface area contributed by atoms with Crippen molar-refractivity contribution in [1.29, 1.82) is 0 Å². The molecular weight excluding hydrogens is 408 g/mol. The van der Waals surface area contributed by atoms with Gasteiger partial charge >= 0.3 is 6.03 Å². The third-order valence-corrected chi connectivity index (χ3v) is 4.71. The van der Waals surface area contributed by atoms with E-state index in [0.717, 1.165) is 4.80 Å². The van der Waals surface area contributed by atoms with Crippen molar-refractivity contribution in [2.75, 3.05) is 19.5 Å². The molecule has 0 bridgehead atoms. The number of sulfonamides is 1. The van der Waals surface area contributed by atoms with E-state index in [1.54, 1.807) is 6.92 Å². The molecule has 15 nitrogen and oxygen atoms in total. The molecule has 3 aromatic heterocycles. The first-order valence-corrected chi connectivity index (χ1v) is 9.32. The standard InChI is InChI=1S/C13H16N10O5S/c1-6-9(10-18-22-23(2)20-10)11(19-17-6)29(25,26)21-13(24)16-12-14-7(27-3)5-8(15-12)28-4/h5H,1-4H3,(H,17,19)(H2,14,15,16,21,24). The minimum atomic E-state index is -4.40. The van der Waals surface area contributed by atoms with Gasteiger partial charge in [0.05, 0.1) is 32.9 Å². The Balaban J connectivity index is 1.85. The molecule has 3 N–H and O–H groups in total. The number of aromatic nitrogens is 8. The Kier molecular flexibility index (Phi) is 5.26. The number of carbonyl (C=O) groups excluding carboxylic acids is 1. The summed E-state index contributed by atoms with van der Waals surface area (Å²) in [6.07, 6.45) is 0. The molecule has 2 amide bonds. The molecule has 0 aromatic carbocycles. The molecule has 29 heavy (non-hydrogen) atoms. The zero-order valence-corrected chi connectivity index (χ0v) is 16.5. The quantitative estimate of drug-likeness (QED) is 0.450. The number of hydrogen-bond donors (Lipinski definition) is 3. The summed E-state index contributed by atoms with van der Waals surface area (Å²) in [4.78, 5) is 21.1. The van der Waals surface area contributed by atoms with Gasteiger partial charge in [-0.05, 0) is 12.1 Å². The largest absolute Gasteiger partial charge is 0.481 e. The highest BCUT2D eigenvalue weighted by Crippen LogP contribution is 2.25. The van der Waals surface area contributed by atoms with E-state index in [0.29, 0.717) is 5.69 Å². The van der Waals surface area contributed by atoms with E-state index in [1.807, 2.05) is 4.72 Å². The van der Waals surface area contributed by atoms with Crippen LogP contribution in [0.5, 0.6) is 11.8 Å². The molecule has 0 saturated heterocycles. The van der Waals surface area contributed by atoms with Gasteiger partial charge in [-0.3, -0.25) is 10.4 Å². The molecular formula is C13H16N10O5S. The van der Waals surface area contributed by atoms with E-state index >= 15 is 0 Å². The second-order valence-electron chi connectivity index (χ2n) is 5.47. The van der Waals surface area contributed by atoms with Crippen molar-refractivity contribution in [3.8, 4) is 23.1 Å². The fourth-order valence-electron chi connectivity index (χ4n) is 2.22. The normalized spacial score (nSPS) is 11.2. The molecule has 16 heteroatoms. The molecule has 0 saturated carbocycles. The molecule has 0 spiro atoms. The van der Waals surface area contributed by atoms with Gasteiger partial charge in [0.1, 0.15) is 0 Å². The van der Waals surface area contributed by atoms with Crippen molar-refractivity contribution in [2.24, 2.45) is 7.05 Å². The smallest absolute Gasteiger partial charge is 0.335 e. The van der Waals surface area contributed by atoms with Crippen molar-refractivity contribution in [3.05, 3.63) is 11.8 Å². The maximum atomic E-state index is 12.7. The predicted molar refractivity (Wildman–Crippen MR) is 95.6 cm³/mol. The van der Waals surface area contributed by atoms with Crippen LogP contribution in [0.1, 0.15) is 5.69 Å². The fourth-order valence-corrected chi connectivity index (χ4v) is 3.29. The SMILES string of the molecule is COc1cc(OC)nc(NC(=O)NS(=O)(=O)c2n[nH]c(C)c2-c2nnn(C)n2)n1. The van der Waals surface area contributed by atoms with Crippen LogP contribution in [0.25, 0.3) is 11.4 Å². The van der Waals surface area contributed by atoms with Crippen LogP contribution in [-0.4, -0.2) is 69.0 Å². The summed E-state index contributed by atoms with van der Waals surface area (Å²) >= 11 is 0. The Hall–Kier alpha value is -3.82. The summed E-state index contributed by atoms with van der Waals surface area (Å²) in [6.45, 7) is 1.58. The number of aryl methyl sites for hydroxylation is 2. The number of nitrogens with zero attached hydrogens (tertiary/aromatic N) is 7. The van der Waals surface area contributed by atoms with Gasteiger partial charge in [0, 0.05) is 5.69 Å². The Morgan fingerprint density at radius 1 is 1.21 bits per heavy atom. The summed E-state index contributed by atoms with van der Waals surface area (Å²) < 4.78 is 37.1. The van der Waals surface area contributed by atoms with Gasteiger partial charge in [0.25, 0.3) is 10.0 Å². The molecule has 0 aliphatic rings. The average molecular weight is 424 g/mol. The van der Waals surface area contributed by atoms with E-state index < -0.39 is 21.1 Å². The highest BCUT2D eigenvalue weighted by atomic mass is 32.2. The maximum absolute atomic E-state index is 12.7. The van der Waals surface area contributed by atoms with Crippen molar-refractivity contribution >= 4 is 22.0 Å². The minimum Gasteiger partial charge on any atom is -0.481 e. The first-order chi connectivity index (χ1) is 13.7. The van der Waals surface area contributed by atoms with Crippen molar-refractivity contribution in [1.82, 2.24) is 45.1 Å². The summed E-state index contributed by atoms with van der Waals surface area (Å²) in [5, 5.41) is 19.4. The van der Waals surface area contributed by atoms with Crippen molar-refractivity contribution in [2.45, 2.75) is 11.9 Å². The zero-order chi connectivity index (χ0) is 21.2. The second kappa shape index (κ2) is 7.66. The number of anilines is 1. The van der Waals surface area contributed by atoms with Gasteiger partial charge < -0.3 is 9.47 Å². The number of aromatic amines is 1. The lowest BCUT2D eigenvalue weighted by Gasteiger charge is -2.09. The number of urea groups is 1. The molecule has 0 aliphatic carbocycles. The van der Waals surface area contributed by atoms with E-state index in [4.69, 9.17) is 9.47 Å². The predicted octanol–water partition coefficient (Wildman–Crippen LogP) is -0.774. The minimum absolute atomic E-state index is 0.0281. The zero-order valence-electron chi connectivity index (χ0n) is 15.7. The fraction of sp³-hybridized carbons (Fsp3) is 0.308. The lowest BCUT2D eigenvalue weighted by molar-refractivity contribution is 0.256. The molecule has 3 rings (SSSR count). The van der Waals surface area contributed by atoms with Gasteiger partial charge in [-0.15, -0.1) is 10.2 Å². The Morgan fingerprint density at radius 2 is 1.86 bits per heavy atom. The van der Waals surface area contributed by atoms with Crippen LogP contribution >= 0.6 is 0 Å². The number of methoxy groups -OCH3 is 2. The summed E-state index contributed by atoms with van der Waals surface area (Å²) in [5.74, 6) is 0.00575. The Bertz CT molecular complexity index is 1130. The molecule has 0 aliphatic heterocycles. The number of hydrogen-bond acceptors (Lipinski definition) is 11. The van der Waals surface area contributed by atoms with Gasteiger partial charge in [0.2, 0.25) is 28.6 Å². The Morgan fingerprint density at radius 3 is 2.41 bits per heavy atom. The number of rotatable bonds is 6. The molecule has 0 radical (unpaired) electrons. The summed E-state index contributed by atoms with van der Waals surface area (Å²) in [6, 6.07) is 0.256. The van der Waals surface area contributed by atoms with Crippen LogP contribution in [0.4, 0.5) is 10.7 Å². The molecule has 154 valence electrons. The highest BCUT2D eigenvalue weighted by Gasteiger charge is 2.29. The molecule has 3 heterocycles. The van der Waals surface area contributed by atoms with Crippen molar-refractivity contribution in [3.63, 3.8) is 0 Å². The van der Waals surface area contributed by atoms with E-state index in [-0.39, 0.29) is 29.1 Å². The lowest BCUT2D eigenvalue weighted by atomic mass is 10.2. The summed E-state index contributed by atoms with van der Waals surface area (Å²) in [5.41, 5.74) is 0.456. The van der Waals surface area contributed by atoms with Crippen LogP contribution in [0.2, 0.25) is 0 Å². The van der Waals surface area contributed by atoms with Crippen LogP contribution in [0.15, 0.2) is 11.1 Å². The highest BCUT2D eigenvalue weighted by molar-refractivity contribution is 7.90. The van der Waals surface area contributed by atoms with Gasteiger partial charge in [-0.1, -0.05) is 0 Å². The number of carbonyl (C=O) groups is 1. The van der Waals surface area contributed by atoms with Gasteiger partial charge in [-0.25, -0.2) is 9.52 Å². The van der Waals surface area contributed by atoms with E-state index in [2.05, 4.69) is 40.9 Å². The number of ether oxygens (including phenoxy) is 2. The van der Waals surface area contributed by atoms with Crippen LogP contribution in [0, 0.1) is 6.92 Å². The molecule has 0 atom stereocenters. The van der Waals surface area contributed by atoms with E-state index in [1.165, 1.54) is 27.3 Å². The topological polar surface area (TPSA) is 192 Å². The first-order valence-electron chi connectivity index (χ1n) is 7.83. The number of amides is 2. The van der Waals surface area contributed by atoms with E-state index in [9.17, 15) is 13.2 Å². The Labute approximate surface area is 163 Å². The van der Waals surface area contributed by atoms with Crippen LogP contribution < -0.4 is 19.5 Å². The lowest BCUT2D eigenvalue weighted by Crippen LogP contribution is -2.35. The number of H-pyrrole nitrogens is 1. The number of nitrogens with one attached hydrogen (secondary N) is 3. The monoisotopic (exact) mass is 424 g/mol. The van der Waals surface area contributed by atoms with Crippen molar-refractivity contribution < 1.29 is 22.7 Å². The van der Waals surface area contributed by atoms with Gasteiger partial charge in [0.15, 0.2) is 0 Å². The average Bonchev–Trinajstić information content (AvgIpc) is 3.26. The van der Waals surface area contributed by atoms with Gasteiger partial charge in [-0.2, -0.15) is 28.3 Å². The molecule has 3 aromatic rings. The first kappa shape index (κ1) is 19.9. The van der Waals surface area contributed by atoms with Crippen LogP contribution in [0.3, 0.4) is 0 Å². The molecule has 0 unspecified atom stereocenters. The molecule has 0 fully saturated rings. The maximum Gasteiger partial charge on any atom is 0.335 e. The second-order valence-corrected chi connectivity index (χ2v) is 7.06. The third kappa shape index (κ3) is 4.21. The van der Waals surface area contributed by atoms with Crippen LogP contribution in [-0.2, 0) is 17.1 Å². The number of tetrazole rings is 1. The third-order valence-electron chi connectivity index (χ3n) is 3.45.